The topological polar surface area (TPSA) is 89.1 Å². The van der Waals surface area contributed by atoms with Crippen molar-refractivity contribution < 1.29 is 26.7 Å². The van der Waals surface area contributed by atoms with Gasteiger partial charge in [-0.05, 0) is 35.2 Å². The Kier molecular flexibility index (Phi) is 6.71. The van der Waals surface area contributed by atoms with Crippen molar-refractivity contribution in [3.63, 3.8) is 0 Å². The first-order valence-electron chi connectivity index (χ1n) is 11.9. The maximum atomic E-state index is 14.2. The number of hydrogen-bond donors (Lipinski definition) is 2. The highest BCUT2D eigenvalue weighted by Crippen LogP contribution is 2.43. The molecule has 0 fully saturated rings. The first-order chi connectivity index (χ1) is 17.6. The van der Waals surface area contributed by atoms with E-state index in [1.165, 1.54) is 11.0 Å². The fraction of sp³-hybridized carbons (Fsp3) is 0.400. The molecule has 196 valence electrons. The Morgan fingerprint density at radius 1 is 1.08 bits per heavy atom. The van der Waals surface area contributed by atoms with Crippen LogP contribution < -0.4 is 11.1 Å². The molecule has 3 unspecified atom stereocenters. The molecule has 0 radical (unpaired) electrons. The summed E-state index contributed by atoms with van der Waals surface area (Å²) in [7, 11) is 0. The monoisotopic (exact) mass is 520 g/mol. The molecule has 12 heteroatoms. The third-order valence-electron chi connectivity index (χ3n) is 7.07. The van der Waals surface area contributed by atoms with E-state index >= 15 is 0 Å². The quantitative estimate of drug-likeness (QED) is 0.485. The van der Waals surface area contributed by atoms with Gasteiger partial charge >= 0.3 is 6.18 Å². The van der Waals surface area contributed by atoms with E-state index in [9.17, 15) is 26.7 Å². The van der Waals surface area contributed by atoms with Crippen molar-refractivity contribution in [3.05, 3.63) is 82.4 Å². The highest BCUT2D eigenvalue weighted by molar-refractivity contribution is 5.77. The number of hydrogen-bond acceptors (Lipinski definition) is 5. The summed E-state index contributed by atoms with van der Waals surface area (Å²) in [5.74, 6) is -3.73. The van der Waals surface area contributed by atoms with Crippen LogP contribution in [-0.2, 0) is 30.6 Å². The van der Waals surface area contributed by atoms with Crippen molar-refractivity contribution in [2.24, 2.45) is 5.73 Å². The average molecular weight is 521 g/mol. The predicted molar refractivity (Wildman–Crippen MR) is 123 cm³/mol. The minimum atomic E-state index is -4.63. The van der Waals surface area contributed by atoms with Crippen LogP contribution in [0.1, 0.15) is 53.1 Å². The molecule has 1 amide bonds. The van der Waals surface area contributed by atoms with Crippen molar-refractivity contribution in [1.29, 1.82) is 0 Å². The highest BCUT2D eigenvalue weighted by Gasteiger charge is 2.41. The number of nitrogens with one attached hydrogen (secondary N) is 1. The number of fused-ring (bicyclic) bond motifs is 2. The molecule has 5 rings (SSSR count). The van der Waals surface area contributed by atoms with E-state index in [-0.39, 0.29) is 43.8 Å². The van der Waals surface area contributed by atoms with Gasteiger partial charge in [-0.15, -0.1) is 10.2 Å². The minimum Gasteiger partial charge on any atom is -0.333 e. The second kappa shape index (κ2) is 9.82. The molecule has 7 nitrogen and oxygen atoms in total. The number of benzene rings is 2. The van der Waals surface area contributed by atoms with Crippen molar-refractivity contribution in [2.75, 3.05) is 6.54 Å². The molecule has 0 saturated carbocycles. The van der Waals surface area contributed by atoms with Gasteiger partial charge in [-0.25, -0.2) is 8.78 Å². The van der Waals surface area contributed by atoms with Crippen molar-refractivity contribution in [3.8, 4) is 0 Å². The van der Waals surface area contributed by atoms with Crippen LogP contribution >= 0.6 is 0 Å². The fourth-order valence-electron chi connectivity index (χ4n) is 5.20. The molecule has 37 heavy (non-hydrogen) atoms. The average Bonchev–Trinajstić information content (AvgIpc) is 3.45. The Morgan fingerprint density at radius 2 is 1.78 bits per heavy atom. The molecule has 0 saturated heterocycles. The van der Waals surface area contributed by atoms with E-state index < -0.39 is 35.6 Å². The van der Waals surface area contributed by atoms with Gasteiger partial charge in [-0.3, -0.25) is 4.79 Å². The first-order valence-corrected chi connectivity index (χ1v) is 11.9. The maximum Gasteiger partial charge on any atom is 0.451 e. The normalized spacial score (nSPS) is 20.0. The molecule has 2 heterocycles. The number of nitrogens with two attached hydrogens (primary N) is 1. The van der Waals surface area contributed by atoms with E-state index in [4.69, 9.17) is 5.73 Å². The zero-order valence-corrected chi connectivity index (χ0v) is 19.7. The molecule has 2 aromatic carbocycles. The molecule has 3 atom stereocenters. The van der Waals surface area contributed by atoms with Gasteiger partial charge in [0.05, 0.1) is 6.54 Å². The molecule has 0 spiro atoms. The third-order valence-corrected chi connectivity index (χ3v) is 7.07. The smallest absolute Gasteiger partial charge is 0.333 e. The second-order valence-corrected chi connectivity index (χ2v) is 9.43. The van der Waals surface area contributed by atoms with Gasteiger partial charge in [0, 0.05) is 44.1 Å². The van der Waals surface area contributed by atoms with E-state index in [1.54, 1.807) is 0 Å². The van der Waals surface area contributed by atoms with Crippen LogP contribution in [0, 0.1) is 11.6 Å². The van der Waals surface area contributed by atoms with Crippen LogP contribution in [-0.4, -0.2) is 38.2 Å². The van der Waals surface area contributed by atoms with Crippen molar-refractivity contribution in [2.45, 2.75) is 56.7 Å². The Balaban J connectivity index is 1.28. The Labute approximate surface area is 209 Å². The maximum absolute atomic E-state index is 14.2. The summed E-state index contributed by atoms with van der Waals surface area (Å²) in [4.78, 5) is 14.4. The summed E-state index contributed by atoms with van der Waals surface area (Å²) < 4.78 is 68.5. The summed E-state index contributed by atoms with van der Waals surface area (Å²) in [6.07, 6.45) is -4.28. The zero-order valence-electron chi connectivity index (χ0n) is 19.7. The number of rotatable bonds is 6. The van der Waals surface area contributed by atoms with Gasteiger partial charge in [-0.1, -0.05) is 30.3 Å². The molecule has 1 aromatic heterocycles. The van der Waals surface area contributed by atoms with Gasteiger partial charge < -0.3 is 20.5 Å². The molecule has 2 aliphatic rings. The van der Waals surface area contributed by atoms with E-state index in [1.807, 2.05) is 30.3 Å². The van der Waals surface area contributed by atoms with Crippen molar-refractivity contribution in [1.82, 2.24) is 25.0 Å². The number of alkyl halides is 3. The second-order valence-electron chi connectivity index (χ2n) is 9.43. The van der Waals surface area contributed by atoms with E-state index in [0.717, 1.165) is 16.2 Å². The van der Waals surface area contributed by atoms with Crippen LogP contribution in [0.2, 0.25) is 0 Å². The lowest BCUT2D eigenvalue weighted by Crippen LogP contribution is -2.42. The largest absolute Gasteiger partial charge is 0.451 e. The minimum absolute atomic E-state index is 0.0504. The van der Waals surface area contributed by atoms with Gasteiger partial charge in [0.1, 0.15) is 0 Å². The molecule has 1 aliphatic carbocycles. The number of halogens is 5. The third kappa shape index (κ3) is 5.08. The van der Waals surface area contributed by atoms with Gasteiger partial charge in [-0.2, -0.15) is 13.2 Å². The molecule has 0 bridgehead atoms. The van der Waals surface area contributed by atoms with Gasteiger partial charge in [0.25, 0.3) is 0 Å². The highest BCUT2D eigenvalue weighted by atomic mass is 19.4. The van der Waals surface area contributed by atoms with E-state index in [0.29, 0.717) is 24.1 Å². The molecular weight excluding hydrogens is 495 g/mol. The Bertz CT molecular complexity index is 1290. The standard InChI is InChI=1S/C25H25F5N6O/c26-18-8-15-16(10-21(17(15)9-19(18)27)32-12-14-4-2-1-3-5-14)20(31)11-23(37)35-6-7-36-22(13-35)33-34-24(36)25(28,29)30/h1-5,8-9,16,20-21,32H,6-7,10-13,31H2. The Morgan fingerprint density at radius 3 is 2.49 bits per heavy atom. The lowest BCUT2D eigenvalue weighted by atomic mass is 9.91. The number of nitrogens with zero attached hydrogens (tertiary/aromatic N) is 4. The first kappa shape index (κ1) is 25.3. The summed E-state index contributed by atoms with van der Waals surface area (Å²) in [5, 5.41) is 10.2. The van der Waals surface area contributed by atoms with E-state index in [2.05, 4.69) is 15.5 Å². The lowest BCUT2D eigenvalue weighted by Gasteiger charge is -2.30. The van der Waals surface area contributed by atoms with Crippen molar-refractivity contribution >= 4 is 5.91 Å². The Hall–Kier alpha value is -3.38. The van der Waals surface area contributed by atoms with Crippen LogP contribution in [0.3, 0.4) is 0 Å². The molecule has 1 aliphatic heterocycles. The number of amides is 1. The van der Waals surface area contributed by atoms with Crippen LogP contribution in [0.4, 0.5) is 22.0 Å². The summed E-state index contributed by atoms with van der Waals surface area (Å²) >= 11 is 0. The van der Waals surface area contributed by atoms with Crippen LogP contribution in [0.5, 0.6) is 0 Å². The number of carbonyl (C=O) groups excluding carboxylic acids is 1. The predicted octanol–water partition coefficient (Wildman–Crippen LogP) is 3.65. The SMILES string of the molecule is NC(CC(=O)N1CCn2c(nnc2C(F)(F)F)C1)C1CC(NCc2ccccc2)c2cc(F)c(F)cc21. The zero-order chi connectivity index (χ0) is 26.3. The molecule has 3 N–H and O–H groups in total. The van der Waals surface area contributed by atoms with Crippen LogP contribution in [0.25, 0.3) is 0 Å². The lowest BCUT2D eigenvalue weighted by molar-refractivity contribution is -0.148. The summed E-state index contributed by atoms with van der Waals surface area (Å²) in [6.45, 7) is 0.374. The summed E-state index contributed by atoms with van der Waals surface area (Å²) in [6, 6.07) is 11.0. The fourth-order valence-corrected chi connectivity index (χ4v) is 5.20. The molecular formula is C25H25F5N6O. The summed E-state index contributed by atoms with van der Waals surface area (Å²) in [5.41, 5.74) is 8.63. The van der Waals surface area contributed by atoms with Crippen LogP contribution in [0.15, 0.2) is 42.5 Å². The van der Waals surface area contributed by atoms with Gasteiger partial charge in [0.15, 0.2) is 17.5 Å². The number of aromatic nitrogens is 3. The number of carbonyl (C=O) groups is 1. The van der Waals surface area contributed by atoms with Gasteiger partial charge in [0.2, 0.25) is 11.7 Å². The molecule has 3 aromatic rings.